The third-order valence-corrected chi connectivity index (χ3v) is 6.99. The van der Waals surface area contributed by atoms with Crippen molar-refractivity contribution in [1.82, 2.24) is 4.98 Å². The first kappa shape index (κ1) is 16.0. The highest BCUT2D eigenvalue weighted by Gasteiger charge is 2.61. The van der Waals surface area contributed by atoms with Crippen LogP contribution in [0.3, 0.4) is 0 Å². The van der Waals surface area contributed by atoms with Gasteiger partial charge in [0.05, 0.1) is 35.1 Å². The lowest BCUT2D eigenvalue weighted by Crippen LogP contribution is -2.26. The Bertz CT molecular complexity index is 730. The minimum Gasteiger partial charge on any atom is -0.385 e. The first-order valence-corrected chi connectivity index (χ1v) is 9.51. The van der Waals surface area contributed by atoms with E-state index in [1.807, 2.05) is 0 Å². The van der Waals surface area contributed by atoms with Crippen molar-refractivity contribution >= 4 is 11.6 Å². The maximum Gasteiger partial charge on any atom is 0.105 e. The fourth-order valence-electron chi connectivity index (χ4n) is 4.89. The Labute approximate surface area is 148 Å². The van der Waals surface area contributed by atoms with E-state index in [-0.39, 0.29) is 16.8 Å². The zero-order valence-electron chi connectivity index (χ0n) is 15.4. The molecule has 0 amide bonds. The Hall–Kier alpha value is -1.24. The molecule has 138 valence electrons. The molecule has 6 heteroatoms. The van der Waals surface area contributed by atoms with Gasteiger partial charge in [0.2, 0.25) is 0 Å². The molecule has 5 atom stereocenters. The van der Waals surface area contributed by atoms with Gasteiger partial charge in [0.15, 0.2) is 0 Å². The van der Waals surface area contributed by atoms with Crippen LogP contribution in [0.15, 0.2) is 0 Å². The number of aromatic nitrogens is 1. The van der Waals surface area contributed by atoms with Crippen LogP contribution in [0, 0.1) is 0 Å². The smallest absolute Gasteiger partial charge is 0.105 e. The van der Waals surface area contributed by atoms with Crippen LogP contribution in [0.2, 0.25) is 0 Å². The van der Waals surface area contributed by atoms with E-state index in [2.05, 4.69) is 25.8 Å². The number of anilines is 2. The molecule has 5 N–H and O–H groups in total. The summed E-state index contributed by atoms with van der Waals surface area (Å²) in [6.07, 6.45) is 7.06. The second-order valence-corrected chi connectivity index (χ2v) is 9.17. The van der Waals surface area contributed by atoms with Gasteiger partial charge in [-0.25, -0.2) is 0 Å². The standard InChI is InChI=1S/C19H29N3O3/c1-17(2)12(23-17)4-6-18(3)13(24-18)5-7-19-9-11-10(8-14(19)25-19)15(20)22-16(11)21/h12-14,22H,4-9,20-21H2,1-3H3. The second-order valence-electron chi connectivity index (χ2n) is 9.17. The lowest BCUT2D eigenvalue weighted by atomic mass is 9.81. The van der Waals surface area contributed by atoms with Gasteiger partial charge in [0.1, 0.15) is 11.6 Å². The number of ether oxygens (including phenoxy) is 3. The van der Waals surface area contributed by atoms with Crippen LogP contribution in [0.5, 0.6) is 0 Å². The van der Waals surface area contributed by atoms with E-state index in [9.17, 15) is 0 Å². The molecule has 3 fully saturated rings. The lowest BCUT2D eigenvalue weighted by Gasteiger charge is -2.18. The second kappa shape index (κ2) is 4.72. The number of rotatable bonds is 6. The van der Waals surface area contributed by atoms with Crippen molar-refractivity contribution in [2.75, 3.05) is 11.5 Å². The van der Waals surface area contributed by atoms with Crippen LogP contribution in [-0.4, -0.2) is 40.1 Å². The molecule has 0 bridgehead atoms. The molecule has 6 nitrogen and oxygen atoms in total. The first-order chi connectivity index (χ1) is 11.7. The molecular formula is C19H29N3O3. The SMILES string of the molecule is CC1(C)OC1CCC1(C)OC1CCC12Cc3c(N)[nH]c(N)c3CC1O2. The summed E-state index contributed by atoms with van der Waals surface area (Å²) in [5, 5.41) is 0. The third kappa shape index (κ3) is 2.49. The highest BCUT2D eigenvalue weighted by Crippen LogP contribution is 2.54. The monoisotopic (exact) mass is 347 g/mol. The van der Waals surface area contributed by atoms with E-state index in [1.165, 1.54) is 5.56 Å². The van der Waals surface area contributed by atoms with Crippen LogP contribution in [0.25, 0.3) is 0 Å². The van der Waals surface area contributed by atoms with E-state index >= 15 is 0 Å². The quantitative estimate of drug-likeness (QED) is 0.685. The molecule has 0 spiro atoms. The number of hydrogen-bond donors (Lipinski definition) is 3. The van der Waals surface area contributed by atoms with E-state index in [0.29, 0.717) is 29.9 Å². The maximum absolute atomic E-state index is 6.10. The Kier molecular flexibility index (Phi) is 3.02. The van der Waals surface area contributed by atoms with Crippen LogP contribution in [0.1, 0.15) is 57.6 Å². The summed E-state index contributed by atoms with van der Waals surface area (Å²) in [7, 11) is 0. The minimum atomic E-state index is -0.0375. The summed E-state index contributed by atoms with van der Waals surface area (Å²) >= 11 is 0. The average Bonchev–Trinajstić information content (AvgIpc) is 3.45. The van der Waals surface area contributed by atoms with Gasteiger partial charge in [-0.05, 0) is 46.5 Å². The van der Waals surface area contributed by atoms with E-state index in [0.717, 1.165) is 44.1 Å². The first-order valence-electron chi connectivity index (χ1n) is 9.51. The van der Waals surface area contributed by atoms with Gasteiger partial charge in [0.25, 0.3) is 0 Å². The fraction of sp³-hybridized carbons (Fsp3) is 0.789. The Morgan fingerprint density at radius 3 is 2.36 bits per heavy atom. The summed E-state index contributed by atoms with van der Waals surface area (Å²) in [4.78, 5) is 3.07. The normalized spacial score (nSPS) is 42.6. The molecule has 25 heavy (non-hydrogen) atoms. The summed E-state index contributed by atoms with van der Waals surface area (Å²) < 4.78 is 17.8. The van der Waals surface area contributed by atoms with Crippen molar-refractivity contribution in [2.24, 2.45) is 0 Å². The molecular weight excluding hydrogens is 318 g/mol. The summed E-state index contributed by atoms with van der Waals surface area (Å²) in [5.41, 5.74) is 14.5. The topological polar surface area (TPSA) is 105 Å². The molecule has 4 aliphatic rings. The zero-order chi connectivity index (χ0) is 17.6. The van der Waals surface area contributed by atoms with Crippen molar-refractivity contribution in [3.05, 3.63) is 11.1 Å². The largest absolute Gasteiger partial charge is 0.385 e. The van der Waals surface area contributed by atoms with Crippen LogP contribution >= 0.6 is 0 Å². The van der Waals surface area contributed by atoms with Crippen LogP contribution < -0.4 is 11.5 Å². The summed E-state index contributed by atoms with van der Waals surface area (Å²) in [6, 6.07) is 0. The number of fused-ring (bicyclic) bond motifs is 2. The van der Waals surface area contributed by atoms with Crippen LogP contribution in [0.4, 0.5) is 11.6 Å². The molecule has 5 rings (SSSR count). The molecule has 3 saturated heterocycles. The van der Waals surface area contributed by atoms with E-state index in [1.54, 1.807) is 0 Å². The highest BCUT2D eigenvalue weighted by molar-refractivity contribution is 5.61. The Morgan fingerprint density at radius 1 is 0.960 bits per heavy atom. The van der Waals surface area contributed by atoms with Crippen molar-refractivity contribution in [1.29, 1.82) is 0 Å². The Balaban J connectivity index is 1.15. The van der Waals surface area contributed by atoms with Crippen molar-refractivity contribution in [3.8, 4) is 0 Å². The van der Waals surface area contributed by atoms with Gasteiger partial charge in [-0.1, -0.05) is 0 Å². The van der Waals surface area contributed by atoms with Gasteiger partial charge in [-0.15, -0.1) is 0 Å². The molecule has 1 aliphatic carbocycles. The highest BCUT2D eigenvalue weighted by atomic mass is 16.6. The number of nitrogen functional groups attached to an aromatic ring is 2. The van der Waals surface area contributed by atoms with Gasteiger partial charge >= 0.3 is 0 Å². The molecule has 0 aromatic carbocycles. The fourth-order valence-corrected chi connectivity index (χ4v) is 4.89. The van der Waals surface area contributed by atoms with Crippen LogP contribution in [-0.2, 0) is 27.1 Å². The van der Waals surface area contributed by atoms with E-state index < -0.39 is 0 Å². The predicted molar refractivity (Wildman–Crippen MR) is 95.3 cm³/mol. The molecule has 1 aromatic heterocycles. The minimum absolute atomic E-state index is 0.0282. The molecule has 5 unspecified atom stereocenters. The number of hydrogen-bond acceptors (Lipinski definition) is 5. The van der Waals surface area contributed by atoms with Gasteiger partial charge in [0, 0.05) is 24.0 Å². The average molecular weight is 347 g/mol. The molecule has 4 heterocycles. The van der Waals surface area contributed by atoms with Gasteiger partial charge in [-0.3, -0.25) is 0 Å². The van der Waals surface area contributed by atoms with Crippen molar-refractivity contribution in [2.45, 2.75) is 94.4 Å². The van der Waals surface area contributed by atoms with Gasteiger partial charge in [-0.2, -0.15) is 0 Å². The zero-order valence-corrected chi connectivity index (χ0v) is 15.4. The number of H-pyrrole nitrogens is 1. The molecule has 3 aliphatic heterocycles. The number of nitrogens with one attached hydrogen (secondary N) is 1. The number of epoxide rings is 3. The molecule has 0 saturated carbocycles. The van der Waals surface area contributed by atoms with Gasteiger partial charge < -0.3 is 30.7 Å². The van der Waals surface area contributed by atoms with Crippen molar-refractivity contribution < 1.29 is 14.2 Å². The Morgan fingerprint density at radius 2 is 1.64 bits per heavy atom. The maximum atomic E-state index is 6.10. The molecule has 0 radical (unpaired) electrons. The summed E-state index contributed by atoms with van der Waals surface area (Å²) in [6.45, 7) is 6.55. The lowest BCUT2D eigenvalue weighted by molar-refractivity contribution is 0.257. The number of nitrogens with two attached hydrogens (primary N) is 2. The predicted octanol–water partition coefficient (Wildman–Crippen LogP) is 2.31. The van der Waals surface area contributed by atoms with E-state index in [4.69, 9.17) is 25.7 Å². The summed E-state index contributed by atoms with van der Waals surface area (Å²) in [5.74, 6) is 1.42. The third-order valence-electron chi connectivity index (χ3n) is 6.99. The van der Waals surface area contributed by atoms with Crippen molar-refractivity contribution in [3.63, 3.8) is 0 Å². The number of aromatic amines is 1. The molecule has 1 aromatic rings.